The predicted octanol–water partition coefficient (Wildman–Crippen LogP) is 6.18. The second-order valence-corrected chi connectivity index (χ2v) is 18.3. The van der Waals surface area contributed by atoms with Crippen molar-refractivity contribution in [3.63, 3.8) is 0 Å². The summed E-state index contributed by atoms with van der Waals surface area (Å²) in [6.45, 7) is 16.9. The highest BCUT2D eigenvalue weighted by Crippen LogP contribution is 2.42. The number of benzene rings is 2. The molecule has 3 amide bonds. The molecule has 6 rings (SSSR count). The summed E-state index contributed by atoms with van der Waals surface area (Å²) in [6, 6.07) is 13.8. The van der Waals surface area contributed by atoms with Crippen LogP contribution in [0.25, 0.3) is 33.3 Å². The minimum absolute atomic E-state index is 0.0230. The van der Waals surface area contributed by atoms with Gasteiger partial charge in [-0.2, -0.15) is 0 Å². The summed E-state index contributed by atoms with van der Waals surface area (Å²) >= 11 is 0. The summed E-state index contributed by atoms with van der Waals surface area (Å²) in [4.78, 5) is 60.3. The fourth-order valence-electron chi connectivity index (χ4n) is 9.23. The zero-order chi connectivity index (χ0) is 45.6. The van der Waals surface area contributed by atoms with Crippen molar-refractivity contribution in [2.45, 2.75) is 105 Å². The number of hydrogen-bond donors (Lipinski definition) is 4. The van der Waals surface area contributed by atoms with Gasteiger partial charge in [-0.25, -0.2) is 5.43 Å². The Labute approximate surface area is 372 Å². The Morgan fingerprint density at radius 2 is 1.83 bits per heavy atom. The third-order valence-electron chi connectivity index (χ3n) is 12.5. The summed E-state index contributed by atoms with van der Waals surface area (Å²) in [7, 11) is 3.35. The Morgan fingerprint density at radius 3 is 2.48 bits per heavy atom. The number of aromatic nitrogens is 2. The molecule has 4 aromatic rings. The van der Waals surface area contributed by atoms with Gasteiger partial charge < -0.3 is 34.7 Å². The van der Waals surface area contributed by atoms with Crippen molar-refractivity contribution >= 4 is 34.6 Å². The summed E-state index contributed by atoms with van der Waals surface area (Å²) in [6.07, 6.45) is 4.67. The molecule has 0 bridgehead atoms. The maximum absolute atomic E-state index is 14.3. The molecule has 2 aliphatic heterocycles. The number of hydrogen-bond acceptors (Lipinski definition) is 10. The number of pyridine rings is 1. The summed E-state index contributed by atoms with van der Waals surface area (Å²) in [5.41, 5.74) is 9.88. The molecule has 63 heavy (non-hydrogen) atoms. The minimum Gasteiger partial charge on any atom is -0.508 e. The van der Waals surface area contributed by atoms with E-state index in [4.69, 9.17) is 14.5 Å². The number of methoxy groups -OCH3 is 1. The first-order valence-corrected chi connectivity index (χ1v) is 22.5. The van der Waals surface area contributed by atoms with Crippen LogP contribution in [0.2, 0.25) is 0 Å². The van der Waals surface area contributed by atoms with Crippen molar-refractivity contribution in [1.82, 2.24) is 35.5 Å². The van der Waals surface area contributed by atoms with E-state index in [0.717, 1.165) is 63.9 Å². The third kappa shape index (κ3) is 10.9. The molecule has 4 atom stereocenters. The number of phenolic OH excluding ortho intramolecular Hbond substituents is 1. The molecule has 2 fully saturated rings. The number of hydrazine groups is 1. The van der Waals surface area contributed by atoms with Crippen molar-refractivity contribution in [2.24, 2.45) is 17.3 Å². The van der Waals surface area contributed by atoms with Gasteiger partial charge in [0.25, 0.3) is 5.91 Å². The van der Waals surface area contributed by atoms with Crippen LogP contribution in [-0.4, -0.2) is 107 Å². The van der Waals surface area contributed by atoms with Gasteiger partial charge in [-0.1, -0.05) is 39.8 Å². The van der Waals surface area contributed by atoms with Gasteiger partial charge in [-0.05, 0) is 111 Å². The second-order valence-electron chi connectivity index (χ2n) is 18.3. The van der Waals surface area contributed by atoms with Crippen molar-refractivity contribution in [1.29, 1.82) is 0 Å². The van der Waals surface area contributed by atoms with E-state index in [1.165, 1.54) is 11.8 Å². The number of aromatic hydroxyl groups is 1. The lowest BCUT2D eigenvalue weighted by Gasteiger charge is -2.35. The van der Waals surface area contributed by atoms with E-state index < -0.39 is 23.4 Å². The lowest BCUT2D eigenvalue weighted by atomic mass is 9.84. The molecule has 0 spiro atoms. The van der Waals surface area contributed by atoms with Crippen LogP contribution in [0, 0.1) is 17.3 Å². The Kier molecular flexibility index (Phi) is 15.3. The quantitative estimate of drug-likeness (QED) is 0.0901. The van der Waals surface area contributed by atoms with E-state index >= 15 is 0 Å². The van der Waals surface area contributed by atoms with Crippen LogP contribution in [0.15, 0.2) is 54.7 Å². The number of nitrogens with one attached hydrogen (secondary N) is 3. The van der Waals surface area contributed by atoms with Crippen molar-refractivity contribution < 1.29 is 33.8 Å². The zero-order valence-electron chi connectivity index (χ0n) is 38.5. The molecule has 2 aromatic heterocycles. The number of nitrogens with zero attached hydrogens (tertiary/aromatic N) is 4. The van der Waals surface area contributed by atoms with Gasteiger partial charge in [0.2, 0.25) is 11.8 Å². The first kappa shape index (κ1) is 47.2. The molecule has 4 N–H and O–H groups in total. The average molecular weight is 866 g/mol. The Bertz CT molecular complexity index is 2270. The monoisotopic (exact) mass is 866 g/mol. The number of carbonyl (C=O) groups is 4. The SMILES string of the molecule is CCn1c(-c2cccnc2[C@H](C)OC)c(CC(C)(C)COC(C)=O)c2cc(-c3cc(O)cc(C[C@H](NC(=O)[C@H](C(C)C)N(C)C(=O)C4CCNC4)C(=O)N4CCCCN4)c3)ccc21. The molecule has 340 valence electrons. The molecule has 0 aliphatic carbocycles. The number of carbonyl (C=O) groups excluding carboxylic acids is 4. The fourth-order valence-corrected chi connectivity index (χ4v) is 9.23. The van der Waals surface area contributed by atoms with Crippen molar-refractivity contribution in [3.05, 3.63) is 71.5 Å². The lowest BCUT2D eigenvalue weighted by molar-refractivity contribution is -0.145. The van der Waals surface area contributed by atoms with Crippen molar-refractivity contribution in [3.8, 4) is 28.1 Å². The molecular formula is C49H67N7O7. The molecule has 0 radical (unpaired) electrons. The van der Waals surface area contributed by atoms with E-state index in [2.05, 4.69) is 59.6 Å². The van der Waals surface area contributed by atoms with Gasteiger partial charge in [-0.15, -0.1) is 0 Å². The van der Waals surface area contributed by atoms with E-state index in [1.807, 2.05) is 39.0 Å². The van der Waals surface area contributed by atoms with Crippen LogP contribution in [0.4, 0.5) is 0 Å². The fraction of sp³-hybridized carbons (Fsp3) is 0.531. The summed E-state index contributed by atoms with van der Waals surface area (Å²) < 4.78 is 13.6. The average Bonchev–Trinajstić information content (AvgIpc) is 3.91. The van der Waals surface area contributed by atoms with E-state index in [1.54, 1.807) is 37.5 Å². The first-order valence-electron chi connectivity index (χ1n) is 22.5. The van der Waals surface area contributed by atoms with E-state index in [9.17, 15) is 24.3 Å². The van der Waals surface area contributed by atoms with Crippen LogP contribution in [0.1, 0.15) is 90.7 Å². The molecule has 0 saturated carbocycles. The molecule has 14 nitrogen and oxygen atoms in total. The van der Waals surface area contributed by atoms with Crippen LogP contribution < -0.4 is 16.1 Å². The minimum atomic E-state index is -0.978. The van der Waals surface area contributed by atoms with Gasteiger partial charge in [0.1, 0.15) is 17.8 Å². The van der Waals surface area contributed by atoms with Crippen LogP contribution >= 0.6 is 0 Å². The maximum Gasteiger partial charge on any atom is 0.302 e. The van der Waals surface area contributed by atoms with Crippen LogP contribution in [-0.2, 0) is 48.0 Å². The predicted molar refractivity (Wildman–Crippen MR) is 244 cm³/mol. The number of likely N-dealkylation sites (N-methyl/N-ethyl adjacent to an activating group) is 1. The standard InChI is InChI=1S/C49H67N7O7/c1-10-55-42-16-15-34(26-39(42)40(27-49(6,7)29-63-32(5)57)45(55)38-14-13-18-51-43(38)31(4)62-9)36-22-33(23-37(58)25-36)24-41(48(61)56-21-12-11-19-52-56)53-46(59)44(30(2)3)54(8)47(60)35-17-20-50-28-35/h13-16,18,22-23,25-26,30-31,35,41,44,50,52,58H,10-12,17,19-21,24,27-29H2,1-9H3,(H,53,59)/t31-,35?,41-,44-/m0/s1. The number of phenols is 1. The molecule has 2 aliphatic rings. The van der Waals surface area contributed by atoms with Gasteiger partial charge in [0.05, 0.1) is 30.0 Å². The number of aryl methyl sites for hydroxylation is 1. The topological polar surface area (TPSA) is 167 Å². The van der Waals surface area contributed by atoms with Crippen LogP contribution in [0.3, 0.4) is 0 Å². The molecular weight excluding hydrogens is 799 g/mol. The number of amides is 3. The van der Waals surface area contributed by atoms with Gasteiger partial charge in [-0.3, -0.25) is 29.2 Å². The molecule has 2 saturated heterocycles. The normalized spacial score (nSPS) is 17.1. The first-order chi connectivity index (χ1) is 30.0. The molecule has 14 heteroatoms. The third-order valence-corrected chi connectivity index (χ3v) is 12.5. The summed E-state index contributed by atoms with van der Waals surface area (Å²) in [5.74, 6) is -1.50. The Morgan fingerprint density at radius 1 is 1.05 bits per heavy atom. The second kappa shape index (κ2) is 20.5. The Balaban J connectivity index is 1.41. The Hall–Kier alpha value is -5.31. The van der Waals surface area contributed by atoms with Gasteiger partial charge in [0, 0.05) is 81.8 Å². The largest absolute Gasteiger partial charge is 0.508 e. The number of esters is 1. The molecule has 1 unspecified atom stereocenters. The van der Waals surface area contributed by atoms with Crippen molar-refractivity contribution in [2.75, 3.05) is 46.9 Å². The highest BCUT2D eigenvalue weighted by atomic mass is 16.5. The van der Waals surface area contributed by atoms with Crippen LogP contribution in [0.5, 0.6) is 5.75 Å². The maximum atomic E-state index is 14.3. The number of fused-ring (bicyclic) bond motifs is 1. The number of rotatable bonds is 17. The zero-order valence-corrected chi connectivity index (χ0v) is 38.5. The summed E-state index contributed by atoms with van der Waals surface area (Å²) in [5, 5.41) is 20.2. The van der Waals surface area contributed by atoms with E-state index in [-0.39, 0.29) is 54.5 Å². The highest BCUT2D eigenvalue weighted by molar-refractivity contribution is 5.96. The lowest BCUT2D eigenvalue weighted by Crippen LogP contribution is -2.59. The van der Waals surface area contributed by atoms with Gasteiger partial charge in [0.15, 0.2) is 0 Å². The number of ether oxygens (including phenoxy) is 2. The molecule has 4 heterocycles. The molecule has 2 aromatic carbocycles. The highest BCUT2D eigenvalue weighted by Gasteiger charge is 2.37. The smallest absolute Gasteiger partial charge is 0.302 e. The van der Waals surface area contributed by atoms with Gasteiger partial charge >= 0.3 is 5.97 Å². The van der Waals surface area contributed by atoms with E-state index in [0.29, 0.717) is 44.6 Å².